The number of aromatic nitrogens is 2. The maximum atomic E-state index is 11.0. The predicted molar refractivity (Wildman–Crippen MR) is 40.4 cm³/mol. The minimum Gasteiger partial charge on any atom is -0.464 e. The fourth-order valence-corrected chi connectivity index (χ4v) is 0.782. The number of nitrogen functional groups attached to an aromatic ring is 1. The second kappa shape index (κ2) is 3.09. The van der Waals surface area contributed by atoms with Crippen LogP contribution in [0.3, 0.4) is 0 Å². The number of nitrogens with zero attached hydrogens (tertiary/aromatic N) is 3. The zero-order valence-electron chi connectivity index (χ0n) is 6.63. The largest absolute Gasteiger partial charge is 0.464 e. The minimum absolute atomic E-state index is 0.382. The lowest BCUT2D eigenvalue weighted by Gasteiger charge is -1.97. The SMILES string of the molecule is COC(=O)c1c([N+](=O)[O-])cnn1N. The first-order valence-corrected chi connectivity index (χ1v) is 3.13. The third-order valence-electron chi connectivity index (χ3n) is 1.35. The summed E-state index contributed by atoms with van der Waals surface area (Å²) < 4.78 is 4.28. The van der Waals surface area contributed by atoms with Crippen LogP contribution in [0.1, 0.15) is 10.5 Å². The van der Waals surface area contributed by atoms with E-state index in [9.17, 15) is 14.9 Å². The first-order chi connectivity index (χ1) is 6.07. The number of hydrogen-bond acceptors (Lipinski definition) is 6. The summed E-state index contributed by atoms with van der Waals surface area (Å²) in [5.41, 5.74) is -0.859. The summed E-state index contributed by atoms with van der Waals surface area (Å²) in [6, 6.07) is 0. The molecule has 8 heteroatoms. The van der Waals surface area contributed by atoms with Crippen molar-refractivity contribution in [2.45, 2.75) is 0 Å². The Labute approximate surface area is 72.0 Å². The van der Waals surface area contributed by atoms with Gasteiger partial charge in [0.05, 0.1) is 12.0 Å². The van der Waals surface area contributed by atoms with Crippen LogP contribution >= 0.6 is 0 Å². The Hall–Kier alpha value is -2.12. The highest BCUT2D eigenvalue weighted by atomic mass is 16.6. The molecule has 13 heavy (non-hydrogen) atoms. The number of methoxy groups -OCH3 is 1. The van der Waals surface area contributed by atoms with Crippen molar-refractivity contribution in [3.05, 3.63) is 22.0 Å². The molecule has 0 bridgehead atoms. The van der Waals surface area contributed by atoms with E-state index >= 15 is 0 Å². The molecule has 1 heterocycles. The second-order valence-electron chi connectivity index (χ2n) is 2.07. The van der Waals surface area contributed by atoms with Crippen LogP contribution in [0.4, 0.5) is 5.69 Å². The summed E-state index contributed by atoms with van der Waals surface area (Å²) in [5, 5.41) is 13.7. The molecule has 0 aromatic carbocycles. The van der Waals surface area contributed by atoms with Crippen LogP contribution in [-0.4, -0.2) is 27.9 Å². The molecule has 0 unspecified atom stereocenters. The van der Waals surface area contributed by atoms with Gasteiger partial charge in [-0.15, -0.1) is 0 Å². The van der Waals surface area contributed by atoms with Gasteiger partial charge >= 0.3 is 11.7 Å². The van der Waals surface area contributed by atoms with E-state index in [0.29, 0.717) is 4.79 Å². The maximum absolute atomic E-state index is 11.0. The molecule has 0 atom stereocenters. The summed E-state index contributed by atoms with van der Waals surface area (Å²) in [4.78, 5) is 21.1. The van der Waals surface area contributed by atoms with Crippen molar-refractivity contribution in [3.63, 3.8) is 0 Å². The number of rotatable bonds is 2. The van der Waals surface area contributed by atoms with Crippen molar-refractivity contribution in [2.75, 3.05) is 13.0 Å². The molecule has 1 aromatic rings. The van der Waals surface area contributed by atoms with Gasteiger partial charge in [-0.25, -0.2) is 4.79 Å². The Kier molecular flexibility index (Phi) is 2.13. The van der Waals surface area contributed by atoms with Crippen LogP contribution < -0.4 is 5.84 Å². The fraction of sp³-hybridized carbons (Fsp3) is 0.200. The zero-order chi connectivity index (χ0) is 10.0. The average molecular weight is 186 g/mol. The number of carbonyl (C=O) groups excluding carboxylic acids is 1. The van der Waals surface area contributed by atoms with Crippen molar-refractivity contribution in [1.29, 1.82) is 0 Å². The molecule has 0 fully saturated rings. The van der Waals surface area contributed by atoms with E-state index in [4.69, 9.17) is 5.84 Å². The van der Waals surface area contributed by atoms with Crippen LogP contribution in [0.2, 0.25) is 0 Å². The van der Waals surface area contributed by atoms with Gasteiger partial charge in [0.25, 0.3) is 0 Å². The van der Waals surface area contributed by atoms with Gasteiger partial charge in [0.1, 0.15) is 6.20 Å². The molecular weight excluding hydrogens is 180 g/mol. The topological polar surface area (TPSA) is 113 Å². The lowest BCUT2D eigenvalue weighted by molar-refractivity contribution is -0.385. The first kappa shape index (κ1) is 8.97. The molecule has 8 nitrogen and oxygen atoms in total. The number of carbonyl (C=O) groups is 1. The molecule has 0 radical (unpaired) electrons. The number of nitro groups is 1. The van der Waals surface area contributed by atoms with Gasteiger partial charge in [-0.3, -0.25) is 10.1 Å². The molecule has 0 spiro atoms. The highest BCUT2D eigenvalue weighted by Crippen LogP contribution is 2.16. The molecule has 0 saturated carbocycles. The average Bonchev–Trinajstić information content (AvgIpc) is 2.46. The molecule has 0 aliphatic rings. The van der Waals surface area contributed by atoms with E-state index in [1.54, 1.807) is 0 Å². The van der Waals surface area contributed by atoms with Crippen LogP contribution in [0.5, 0.6) is 0 Å². The molecule has 0 aliphatic heterocycles. The first-order valence-electron chi connectivity index (χ1n) is 3.13. The molecule has 1 aromatic heterocycles. The van der Waals surface area contributed by atoms with Gasteiger partial charge in [0.2, 0.25) is 5.69 Å². The van der Waals surface area contributed by atoms with E-state index in [0.717, 1.165) is 13.3 Å². The van der Waals surface area contributed by atoms with E-state index < -0.39 is 16.6 Å². The van der Waals surface area contributed by atoms with Crippen LogP contribution in [0.25, 0.3) is 0 Å². The Bertz CT molecular complexity index is 357. The van der Waals surface area contributed by atoms with Crippen LogP contribution in [-0.2, 0) is 4.74 Å². The molecule has 0 aliphatic carbocycles. The third-order valence-corrected chi connectivity index (χ3v) is 1.35. The fourth-order valence-electron chi connectivity index (χ4n) is 0.782. The molecule has 0 amide bonds. The lowest BCUT2D eigenvalue weighted by atomic mass is 10.4. The molecule has 0 saturated heterocycles. The van der Waals surface area contributed by atoms with Gasteiger partial charge in [0, 0.05) is 0 Å². The highest BCUT2D eigenvalue weighted by molar-refractivity contribution is 5.91. The Morgan fingerprint density at radius 1 is 1.85 bits per heavy atom. The van der Waals surface area contributed by atoms with Gasteiger partial charge in [-0.05, 0) is 0 Å². The van der Waals surface area contributed by atoms with Crippen molar-refractivity contribution < 1.29 is 14.5 Å². The van der Waals surface area contributed by atoms with Crippen molar-refractivity contribution in [1.82, 2.24) is 9.89 Å². The van der Waals surface area contributed by atoms with Crippen molar-refractivity contribution in [2.24, 2.45) is 0 Å². The molecule has 70 valence electrons. The monoisotopic (exact) mass is 186 g/mol. The Morgan fingerprint density at radius 2 is 2.46 bits per heavy atom. The van der Waals surface area contributed by atoms with Crippen molar-refractivity contribution >= 4 is 11.7 Å². The smallest absolute Gasteiger partial charge is 0.365 e. The van der Waals surface area contributed by atoms with E-state index in [1.165, 1.54) is 0 Å². The quantitative estimate of drug-likeness (QED) is 0.282. The molecule has 2 N–H and O–H groups in total. The third kappa shape index (κ3) is 1.41. The molecule has 1 rings (SSSR count). The van der Waals surface area contributed by atoms with Gasteiger partial charge in [0.15, 0.2) is 0 Å². The Balaban J connectivity index is 3.24. The van der Waals surface area contributed by atoms with Crippen molar-refractivity contribution in [3.8, 4) is 0 Å². The van der Waals surface area contributed by atoms with E-state index in [-0.39, 0.29) is 5.69 Å². The normalized spacial score (nSPS) is 9.62. The summed E-state index contributed by atoms with van der Waals surface area (Å²) >= 11 is 0. The number of ether oxygens (including phenoxy) is 1. The van der Waals surface area contributed by atoms with E-state index in [1.807, 2.05) is 0 Å². The number of esters is 1. The standard InChI is InChI=1S/C5H6N4O4/c1-13-5(10)4-3(9(11)12)2-7-8(4)6/h2H,6H2,1H3. The van der Waals surface area contributed by atoms with Crippen LogP contribution in [0, 0.1) is 10.1 Å². The van der Waals surface area contributed by atoms with Gasteiger partial charge in [-0.1, -0.05) is 0 Å². The lowest BCUT2D eigenvalue weighted by Crippen LogP contribution is -2.19. The maximum Gasteiger partial charge on any atom is 0.365 e. The van der Waals surface area contributed by atoms with Gasteiger partial charge in [-0.2, -0.15) is 9.89 Å². The highest BCUT2D eigenvalue weighted by Gasteiger charge is 2.26. The summed E-state index contributed by atoms with van der Waals surface area (Å²) in [5.74, 6) is 4.26. The van der Waals surface area contributed by atoms with E-state index in [2.05, 4.69) is 9.84 Å². The summed E-state index contributed by atoms with van der Waals surface area (Å²) in [7, 11) is 1.10. The predicted octanol–water partition coefficient (Wildman–Crippen LogP) is -0.708. The summed E-state index contributed by atoms with van der Waals surface area (Å²) in [6.07, 6.45) is 0.881. The number of hydrogen-bond donors (Lipinski definition) is 1. The number of nitrogens with two attached hydrogens (primary N) is 1. The second-order valence-corrected chi connectivity index (χ2v) is 2.07. The van der Waals surface area contributed by atoms with Gasteiger partial charge < -0.3 is 10.6 Å². The van der Waals surface area contributed by atoms with Crippen LogP contribution in [0.15, 0.2) is 6.20 Å². The zero-order valence-corrected chi connectivity index (χ0v) is 6.63. The Morgan fingerprint density at radius 3 is 2.92 bits per heavy atom. The molecular formula is C5H6N4O4. The summed E-state index contributed by atoms with van der Waals surface area (Å²) in [6.45, 7) is 0. The minimum atomic E-state index is -0.897.